The van der Waals surface area contributed by atoms with Crippen molar-refractivity contribution in [3.63, 3.8) is 0 Å². The van der Waals surface area contributed by atoms with Gasteiger partial charge in [0.15, 0.2) is 0 Å². The largest absolute Gasteiger partial charge is 0.293 e. The van der Waals surface area contributed by atoms with Crippen LogP contribution in [0.4, 0.5) is 0 Å². The van der Waals surface area contributed by atoms with Crippen molar-refractivity contribution in [1.29, 1.82) is 0 Å². The first kappa shape index (κ1) is 11.6. The highest BCUT2D eigenvalue weighted by Crippen LogP contribution is 1.96. The van der Waals surface area contributed by atoms with Crippen molar-refractivity contribution in [2.24, 2.45) is 0 Å². The maximum absolute atomic E-state index is 11.1. The van der Waals surface area contributed by atoms with Crippen molar-refractivity contribution in [3.05, 3.63) is 35.9 Å². The van der Waals surface area contributed by atoms with E-state index in [0.717, 1.165) is 0 Å². The Morgan fingerprint density at radius 3 is 2.15 bits per heavy atom. The zero-order chi connectivity index (χ0) is 8.97. The molecule has 4 heteroatoms. The summed E-state index contributed by atoms with van der Waals surface area (Å²) >= 11 is 0. The van der Waals surface area contributed by atoms with Crippen LogP contribution in [0.15, 0.2) is 30.3 Å². The van der Waals surface area contributed by atoms with E-state index >= 15 is 0 Å². The van der Waals surface area contributed by atoms with Gasteiger partial charge in [0.1, 0.15) is 0 Å². The summed E-state index contributed by atoms with van der Waals surface area (Å²) in [6.45, 7) is 1.31. The summed E-state index contributed by atoms with van der Waals surface area (Å²) in [5.74, 6) is -0.702. The fraction of sp³-hybridized carbons (Fsp3) is 0.111. The summed E-state index contributed by atoms with van der Waals surface area (Å²) in [5, 5.41) is 2.18. The number of hydrogen-bond donors (Lipinski definition) is 1. The van der Waals surface area contributed by atoms with Crippen molar-refractivity contribution in [3.8, 4) is 0 Å². The topological polar surface area (TPSA) is 46.2 Å². The van der Waals surface area contributed by atoms with Gasteiger partial charge in [0.2, 0.25) is 5.91 Å². The van der Waals surface area contributed by atoms with Crippen molar-refractivity contribution in [1.82, 2.24) is 5.32 Å². The Balaban J connectivity index is 0.00000144. The summed E-state index contributed by atoms with van der Waals surface area (Å²) in [4.78, 5) is 21.6. The van der Waals surface area contributed by atoms with Crippen molar-refractivity contribution in [2.75, 3.05) is 0 Å². The molecule has 13 heavy (non-hydrogen) atoms. The second-order valence-corrected chi connectivity index (χ2v) is 2.38. The summed E-state index contributed by atoms with van der Waals surface area (Å²) in [5.41, 5.74) is 0.493. The molecule has 0 aliphatic carbocycles. The smallest absolute Gasteiger partial charge is 0.257 e. The lowest BCUT2D eigenvalue weighted by Gasteiger charge is -1.98. The summed E-state index contributed by atoms with van der Waals surface area (Å²) in [6, 6.07) is 8.60. The Hall–Kier alpha value is -1.35. The number of benzene rings is 1. The average Bonchev–Trinajstić information content (AvgIpc) is 2.05. The van der Waals surface area contributed by atoms with E-state index in [-0.39, 0.29) is 24.2 Å². The quantitative estimate of drug-likeness (QED) is 0.743. The third kappa shape index (κ3) is 3.71. The lowest BCUT2D eigenvalue weighted by molar-refractivity contribution is -0.118. The number of carbonyl (C=O) groups is 2. The minimum Gasteiger partial charge on any atom is -0.293 e. The standard InChI is InChI=1S/C9H9NO2.ClH/c1-7(11)10-9(12)8-5-3-2-4-6-8;/h2-6H,1H3,(H,10,11,12);1H. The molecule has 3 nitrogen and oxygen atoms in total. The first-order valence-corrected chi connectivity index (χ1v) is 3.57. The molecule has 0 saturated heterocycles. The van der Waals surface area contributed by atoms with Gasteiger partial charge >= 0.3 is 0 Å². The normalized spacial score (nSPS) is 8.38. The van der Waals surface area contributed by atoms with Crippen LogP contribution in [0.5, 0.6) is 0 Å². The molecule has 0 heterocycles. The van der Waals surface area contributed by atoms with E-state index in [0.29, 0.717) is 5.56 Å². The maximum Gasteiger partial charge on any atom is 0.257 e. The van der Waals surface area contributed by atoms with Gasteiger partial charge < -0.3 is 0 Å². The molecular formula is C9H10ClNO2. The van der Waals surface area contributed by atoms with Crippen molar-refractivity contribution >= 4 is 24.2 Å². The SMILES string of the molecule is CC(=O)NC(=O)c1ccccc1.Cl. The number of rotatable bonds is 1. The zero-order valence-corrected chi connectivity index (χ0v) is 7.93. The van der Waals surface area contributed by atoms with Gasteiger partial charge in [0.25, 0.3) is 5.91 Å². The van der Waals surface area contributed by atoms with Crippen LogP contribution in [0.3, 0.4) is 0 Å². The first-order chi connectivity index (χ1) is 5.70. The van der Waals surface area contributed by atoms with Crippen LogP contribution in [0.25, 0.3) is 0 Å². The van der Waals surface area contributed by atoms with Crippen LogP contribution in [-0.4, -0.2) is 11.8 Å². The first-order valence-electron chi connectivity index (χ1n) is 3.57. The van der Waals surface area contributed by atoms with Gasteiger partial charge in [0.05, 0.1) is 0 Å². The van der Waals surface area contributed by atoms with E-state index < -0.39 is 0 Å². The molecule has 0 saturated carbocycles. The Bertz CT molecular complexity index is 298. The molecule has 0 atom stereocenters. The van der Waals surface area contributed by atoms with Crippen LogP contribution in [0.2, 0.25) is 0 Å². The van der Waals surface area contributed by atoms with E-state index in [4.69, 9.17) is 0 Å². The Kier molecular flexibility index (Phi) is 4.77. The van der Waals surface area contributed by atoms with Crippen LogP contribution in [0, 0.1) is 0 Å². The highest BCUT2D eigenvalue weighted by molar-refractivity contribution is 6.03. The number of hydrogen-bond acceptors (Lipinski definition) is 2. The fourth-order valence-electron chi connectivity index (χ4n) is 0.822. The second kappa shape index (κ2) is 5.32. The van der Waals surface area contributed by atoms with E-state index in [9.17, 15) is 9.59 Å². The predicted octanol–water partition coefficient (Wildman–Crippen LogP) is 1.38. The molecule has 1 aromatic rings. The van der Waals surface area contributed by atoms with E-state index in [2.05, 4.69) is 5.32 Å². The minimum absolute atomic E-state index is 0. The third-order valence-electron chi connectivity index (χ3n) is 1.33. The lowest BCUT2D eigenvalue weighted by Crippen LogP contribution is -2.27. The zero-order valence-electron chi connectivity index (χ0n) is 7.11. The van der Waals surface area contributed by atoms with E-state index in [1.54, 1.807) is 24.3 Å². The van der Waals surface area contributed by atoms with Gasteiger partial charge in [-0.1, -0.05) is 18.2 Å². The van der Waals surface area contributed by atoms with Gasteiger partial charge in [-0.3, -0.25) is 14.9 Å². The Morgan fingerprint density at radius 2 is 1.69 bits per heavy atom. The summed E-state index contributed by atoms with van der Waals surface area (Å²) < 4.78 is 0. The van der Waals surface area contributed by atoms with E-state index in [1.807, 2.05) is 6.07 Å². The molecule has 0 unspecified atom stereocenters. The summed E-state index contributed by atoms with van der Waals surface area (Å²) in [6.07, 6.45) is 0. The highest BCUT2D eigenvalue weighted by atomic mass is 35.5. The molecule has 0 bridgehead atoms. The van der Waals surface area contributed by atoms with Crippen molar-refractivity contribution < 1.29 is 9.59 Å². The highest BCUT2D eigenvalue weighted by Gasteiger charge is 2.04. The molecule has 0 spiro atoms. The fourth-order valence-corrected chi connectivity index (χ4v) is 0.822. The lowest BCUT2D eigenvalue weighted by atomic mass is 10.2. The van der Waals surface area contributed by atoms with Crippen LogP contribution < -0.4 is 5.32 Å². The van der Waals surface area contributed by atoms with Gasteiger partial charge in [-0.2, -0.15) is 0 Å². The molecular weight excluding hydrogens is 190 g/mol. The molecule has 1 rings (SSSR count). The van der Waals surface area contributed by atoms with Gasteiger partial charge in [-0.05, 0) is 12.1 Å². The number of imide groups is 1. The Labute approximate surface area is 82.6 Å². The minimum atomic E-state index is -0.358. The number of halogens is 1. The molecule has 0 fully saturated rings. The molecule has 1 N–H and O–H groups in total. The molecule has 70 valence electrons. The number of nitrogens with one attached hydrogen (secondary N) is 1. The molecule has 0 aromatic heterocycles. The van der Waals surface area contributed by atoms with Gasteiger partial charge in [-0.15, -0.1) is 12.4 Å². The maximum atomic E-state index is 11.1. The van der Waals surface area contributed by atoms with E-state index in [1.165, 1.54) is 6.92 Å². The van der Waals surface area contributed by atoms with Crippen LogP contribution in [0.1, 0.15) is 17.3 Å². The number of carbonyl (C=O) groups excluding carboxylic acids is 2. The molecule has 0 radical (unpaired) electrons. The monoisotopic (exact) mass is 199 g/mol. The van der Waals surface area contributed by atoms with Gasteiger partial charge in [0, 0.05) is 12.5 Å². The predicted molar refractivity (Wildman–Crippen MR) is 51.8 cm³/mol. The van der Waals surface area contributed by atoms with Gasteiger partial charge in [-0.25, -0.2) is 0 Å². The third-order valence-corrected chi connectivity index (χ3v) is 1.33. The number of amides is 2. The molecule has 1 aromatic carbocycles. The second-order valence-electron chi connectivity index (χ2n) is 2.38. The summed E-state index contributed by atoms with van der Waals surface area (Å²) in [7, 11) is 0. The molecule has 0 aliphatic rings. The Morgan fingerprint density at radius 1 is 1.15 bits per heavy atom. The van der Waals surface area contributed by atoms with Crippen LogP contribution >= 0.6 is 12.4 Å². The van der Waals surface area contributed by atoms with Crippen molar-refractivity contribution in [2.45, 2.75) is 6.92 Å². The average molecular weight is 200 g/mol. The molecule has 0 aliphatic heterocycles. The molecule has 2 amide bonds. The van der Waals surface area contributed by atoms with Crippen LogP contribution in [-0.2, 0) is 4.79 Å².